The lowest BCUT2D eigenvalue weighted by Gasteiger charge is -2.09. The summed E-state index contributed by atoms with van der Waals surface area (Å²) >= 11 is 0. The van der Waals surface area contributed by atoms with Gasteiger partial charge in [-0.3, -0.25) is 4.98 Å². The van der Waals surface area contributed by atoms with E-state index >= 15 is 0 Å². The Morgan fingerprint density at radius 1 is 0.941 bits per heavy atom. The van der Waals surface area contributed by atoms with E-state index in [1.807, 2.05) is 12.3 Å². The van der Waals surface area contributed by atoms with Gasteiger partial charge < -0.3 is 4.90 Å². The van der Waals surface area contributed by atoms with Crippen LogP contribution in [0.5, 0.6) is 0 Å². The molecule has 1 aromatic heterocycles. The van der Waals surface area contributed by atoms with Gasteiger partial charge in [0.15, 0.2) is 0 Å². The highest BCUT2D eigenvalue weighted by atomic mass is 15.0. The van der Waals surface area contributed by atoms with Gasteiger partial charge in [-0.25, -0.2) is 0 Å². The quantitative estimate of drug-likeness (QED) is 0.797. The van der Waals surface area contributed by atoms with E-state index in [0.717, 1.165) is 18.7 Å². The Labute approximate surface area is 103 Å². The van der Waals surface area contributed by atoms with Gasteiger partial charge in [0.05, 0.1) is 0 Å². The third kappa shape index (κ3) is 3.68. The van der Waals surface area contributed by atoms with E-state index < -0.39 is 0 Å². The minimum atomic E-state index is 0.906. The van der Waals surface area contributed by atoms with Crippen LogP contribution in [-0.4, -0.2) is 24.0 Å². The summed E-state index contributed by atoms with van der Waals surface area (Å²) in [4.78, 5) is 6.65. The van der Waals surface area contributed by atoms with Crippen LogP contribution in [0.1, 0.15) is 16.8 Å². The highest BCUT2D eigenvalue weighted by Gasteiger charge is 1.99. The van der Waals surface area contributed by atoms with Crippen LogP contribution in [0.15, 0.2) is 48.7 Å². The molecule has 17 heavy (non-hydrogen) atoms. The lowest BCUT2D eigenvalue weighted by molar-refractivity contribution is 0.402. The van der Waals surface area contributed by atoms with Crippen molar-refractivity contribution in [2.45, 2.75) is 13.0 Å². The first-order chi connectivity index (χ1) is 8.24. The molecule has 0 aliphatic rings. The number of hydrogen-bond donors (Lipinski definition) is 0. The molecule has 0 amide bonds. The number of nitrogens with zero attached hydrogens (tertiary/aromatic N) is 2. The molecule has 0 atom stereocenters. The summed E-state index contributed by atoms with van der Waals surface area (Å²) in [6.07, 6.45) is 2.88. The normalized spacial score (nSPS) is 10.8. The molecule has 0 fully saturated rings. The summed E-state index contributed by atoms with van der Waals surface area (Å²) in [5.74, 6) is 0. The minimum absolute atomic E-state index is 0.906. The van der Waals surface area contributed by atoms with Crippen LogP contribution in [0.25, 0.3) is 0 Å². The summed E-state index contributed by atoms with van der Waals surface area (Å²) in [5, 5.41) is 0. The van der Waals surface area contributed by atoms with Crippen molar-refractivity contribution in [3.8, 4) is 0 Å². The van der Waals surface area contributed by atoms with Crippen molar-refractivity contribution in [1.29, 1.82) is 0 Å². The Hall–Kier alpha value is -1.67. The van der Waals surface area contributed by atoms with Crippen LogP contribution in [0, 0.1) is 0 Å². The van der Waals surface area contributed by atoms with E-state index in [2.05, 4.69) is 60.4 Å². The molecule has 0 aliphatic carbocycles. The van der Waals surface area contributed by atoms with Gasteiger partial charge >= 0.3 is 0 Å². The SMILES string of the molecule is CN(C)Cc1ccc(Cc2ccccc2)nc1. The molecule has 2 heteroatoms. The molecule has 88 valence electrons. The van der Waals surface area contributed by atoms with Crippen LogP contribution < -0.4 is 0 Å². The zero-order chi connectivity index (χ0) is 12.1. The first kappa shape index (κ1) is 11.8. The summed E-state index contributed by atoms with van der Waals surface area (Å²) in [7, 11) is 4.13. The molecule has 0 bridgehead atoms. The van der Waals surface area contributed by atoms with Crippen molar-refractivity contribution in [1.82, 2.24) is 9.88 Å². The third-order valence-corrected chi connectivity index (χ3v) is 2.61. The molecule has 0 radical (unpaired) electrons. The van der Waals surface area contributed by atoms with Crippen LogP contribution in [0.3, 0.4) is 0 Å². The van der Waals surface area contributed by atoms with Crippen molar-refractivity contribution in [3.05, 3.63) is 65.5 Å². The predicted molar refractivity (Wildman–Crippen MR) is 70.9 cm³/mol. The van der Waals surface area contributed by atoms with Gasteiger partial charge in [-0.15, -0.1) is 0 Å². The van der Waals surface area contributed by atoms with Gasteiger partial charge in [0.2, 0.25) is 0 Å². The zero-order valence-electron chi connectivity index (χ0n) is 10.4. The Kier molecular flexibility index (Phi) is 3.89. The molecule has 1 aromatic carbocycles. The predicted octanol–water partition coefficient (Wildman–Crippen LogP) is 2.73. The van der Waals surface area contributed by atoms with Gasteiger partial charge in [0.1, 0.15) is 0 Å². The number of rotatable bonds is 4. The standard InChI is InChI=1S/C15H18N2/c1-17(2)12-14-8-9-15(16-11-14)10-13-6-4-3-5-7-13/h3-9,11H,10,12H2,1-2H3. The van der Waals surface area contributed by atoms with Gasteiger partial charge in [-0.2, -0.15) is 0 Å². The second-order valence-electron chi connectivity index (χ2n) is 4.56. The maximum absolute atomic E-state index is 4.50. The monoisotopic (exact) mass is 226 g/mol. The maximum Gasteiger partial charge on any atom is 0.0447 e. The van der Waals surface area contributed by atoms with E-state index in [9.17, 15) is 0 Å². The lowest BCUT2D eigenvalue weighted by Crippen LogP contribution is -2.10. The van der Waals surface area contributed by atoms with Gasteiger partial charge in [-0.05, 0) is 31.3 Å². The Morgan fingerprint density at radius 3 is 2.29 bits per heavy atom. The van der Waals surface area contributed by atoms with Crippen molar-refractivity contribution in [3.63, 3.8) is 0 Å². The van der Waals surface area contributed by atoms with Crippen molar-refractivity contribution in [2.75, 3.05) is 14.1 Å². The fraction of sp³-hybridized carbons (Fsp3) is 0.267. The van der Waals surface area contributed by atoms with Crippen LogP contribution in [0.2, 0.25) is 0 Å². The van der Waals surface area contributed by atoms with Gasteiger partial charge in [0, 0.05) is 24.9 Å². The van der Waals surface area contributed by atoms with E-state index in [-0.39, 0.29) is 0 Å². The van der Waals surface area contributed by atoms with Crippen molar-refractivity contribution in [2.24, 2.45) is 0 Å². The van der Waals surface area contributed by atoms with E-state index in [0.29, 0.717) is 0 Å². The largest absolute Gasteiger partial charge is 0.305 e. The van der Waals surface area contributed by atoms with Crippen LogP contribution in [0.4, 0.5) is 0 Å². The maximum atomic E-state index is 4.50. The van der Waals surface area contributed by atoms with E-state index in [4.69, 9.17) is 0 Å². The average Bonchev–Trinajstić information content (AvgIpc) is 2.32. The van der Waals surface area contributed by atoms with E-state index in [1.54, 1.807) is 0 Å². The topological polar surface area (TPSA) is 16.1 Å². The Morgan fingerprint density at radius 2 is 1.71 bits per heavy atom. The first-order valence-electron chi connectivity index (χ1n) is 5.86. The molecule has 0 saturated carbocycles. The first-order valence-corrected chi connectivity index (χ1v) is 5.86. The van der Waals surface area contributed by atoms with Crippen LogP contribution in [-0.2, 0) is 13.0 Å². The second-order valence-corrected chi connectivity index (χ2v) is 4.56. The molecule has 0 N–H and O–H groups in total. The molecule has 2 rings (SSSR count). The lowest BCUT2D eigenvalue weighted by atomic mass is 10.1. The average molecular weight is 226 g/mol. The zero-order valence-corrected chi connectivity index (χ0v) is 10.4. The van der Waals surface area contributed by atoms with Crippen molar-refractivity contribution < 1.29 is 0 Å². The summed E-state index contributed by atoms with van der Waals surface area (Å²) in [5.41, 5.74) is 3.69. The molecule has 0 unspecified atom stereocenters. The van der Waals surface area contributed by atoms with Gasteiger partial charge in [-0.1, -0.05) is 36.4 Å². The second kappa shape index (κ2) is 5.60. The molecule has 0 spiro atoms. The molecule has 2 aromatic rings. The number of aromatic nitrogens is 1. The molecule has 1 heterocycles. The molecule has 2 nitrogen and oxygen atoms in total. The molecular weight excluding hydrogens is 208 g/mol. The molecule has 0 aliphatic heterocycles. The fourth-order valence-corrected chi connectivity index (χ4v) is 1.82. The van der Waals surface area contributed by atoms with Crippen LogP contribution >= 0.6 is 0 Å². The summed E-state index contributed by atoms with van der Waals surface area (Å²) in [6.45, 7) is 0.943. The smallest absolute Gasteiger partial charge is 0.0447 e. The Bertz CT molecular complexity index is 446. The number of hydrogen-bond acceptors (Lipinski definition) is 2. The number of benzene rings is 1. The van der Waals surface area contributed by atoms with Crippen molar-refractivity contribution >= 4 is 0 Å². The number of pyridine rings is 1. The Balaban J connectivity index is 2.03. The minimum Gasteiger partial charge on any atom is -0.305 e. The molecular formula is C15H18N2. The van der Waals surface area contributed by atoms with E-state index in [1.165, 1.54) is 11.1 Å². The fourth-order valence-electron chi connectivity index (χ4n) is 1.82. The van der Waals surface area contributed by atoms with Gasteiger partial charge in [0.25, 0.3) is 0 Å². The highest BCUT2D eigenvalue weighted by molar-refractivity contribution is 5.23. The molecule has 0 saturated heterocycles. The summed E-state index contributed by atoms with van der Waals surface area (Å²) in [6, 6.07) is 14.7. The summed E-state index contributed by atoms with van der Waals surface area (Å²) < 4.78 is 0. The highest BCUT2D eigenvalue weighted by Crippen LogP contribution is 2.08. The third-order valence-electron chi connectivity index (χ3n) is 2.61.